The number of nitrogens with one attached hydrogen (secondary N) is 1. The molecule has 1 aromatic heterocycles. The van der Waals surface area contributed by atoms with Crippen LogP contribution in [0.15, 0.2) is 53.6 Å². The molecule has 0 spiro atoms. The summed E-state index contributed by atoms with van der Waals surface area (Å²) in [6.07, 6.45) is 2.72. The van der Waals surface area contributed by atoms with E-state index in [1.54, 1.807) is 36.4 Å². The van der Waals surface area contributed by atoms with Crippen molar-refractivity contribution in [3.8, 4) is 16.8 Å². The van der Waals surface area contributed by atoms with Crippen molar-refractivity contribution in [1.82, 2.24) is 4.57 Å². The van der Waals surface area contributed by atoms with Crippen molar-refractivity contribution < 1.29 is 13.6 Å². The summed E-state index contributed by atoms with van der Waals surface area (Å²) in [4.78, 5) is 13.2. The molecular formula is C22H20ClN2O3S2-. The van der Waals surface area contributed by atoms with Gasteiger partial charge >= 0.3 is 0 Å². The first-order chi connectivity index (χ1) is 14.3. The molecule has 3 aromatic rings. The minimum absolute atomic E-state index is 0.107. The Morgan fingerprint density at radius 1 is 1.20 bits per heavy atom. The maximum Gasteiger partial charge on any atom is 0.165 e. The number of hydrogen-bond donors (Lipinski definition) is 2. The van der Waals surface area contributed by atoms with E-state index >= 15 is 0 Å². The number of carbonyl (C=O) groups is 1. The molecule has 2 aromatic carbocycles. The Kier molecular flexibility index (Phi) is 6.06. The van der Waals surface area contributed by atoms with Crippen LogP contribution in [0.1, 0.15) is 35.3 Å². The van der Waals surface area contributed by atoms with Gasteiger partial charge in [-0.05, 0) is 67.6 Å². The van der Waals surface area contributed by atoms with E-state index in [9.17, 15) is 13.6 Å². The highest BCUT2D eigenvalue weighted by molar-refractivity contribution is 7.80. The summed E-state index contributed by atoms with van der Waals surface area (Å²) in [5.41, 5.74) is 4.37. The van der Waals surface area contributed by atoms with Crippen LogP contribution in [0.2, 0.25) is 5.02 Å². The zero-order valence-corrected chi connectivity index (χ0v) is 18.7. The zero-order valence-electron chi connectivity index (χ0n) is 16.2. The number of carbonyl (C=O) groups excluding carboxylic acids is 1. The van der Waals surface area contributed by atoms with Gasteiger partial charge in [-0.1, -0.05) is 23.7 Å². The molecule has 4 rings (SSSR count). The van der Waals surface area contributed by atoms with Crippen LogP contribution < -0.4 is 4.72 Å². The van der Waals surface area contributed by atoms with Crippen LogP contribution in [0.5, 0.6) is 0 Å². The fourth-order valence-corrected chi connectivity index (χ4v) is 4.64. The number of halogens is 1. The Hall–Kier alpha value is -2.06. The Bertz CT molecular complexity index is 1120. The molecule has 0 amide bonds. The van der Waals surface area contributed by atoms with Gasteiger partial charge in [0, 0.05) is 50.9 Å². The topological polar surface area (TPSA) is 74.2 Å². The number of anilines is 1. The number of hydrogen-bond acceptors (Lipinski definition) is 4. The van der Waals surface area contributed by atoms with Crippen LogP contribution in [0, 0.1) is 12.8 Å². The van der Waals surface area contributed by atoms with E-state index < -0.39 is 11.3 Å². The Labute approximate surface area is 188 Å². The molecule has 0 saturated heterocycles. The number of benzene rings is 2. The lowest BCUT2D eigenvalue weighted by Gasteiger charge is -2.11. The standard InChI is InChI=1S/C22H21ClN2O3S2/c1-13-20(19(26)12-14-2-3-14)21(15-4-8-17(9-5-15)24-30(27)28)22(29)25(13)18-10-6-16(23)7-11-18/h4-11,14,24,29H,2-3,12H2,1H3,(H,27,28)/p-1. The Balaban J connectivity index is 1.84. The third-order valence-corrected chi connectivity index (χ3v) is 6.37. The van der Waals surface area contributed by atoms with E-state index in [0.717, 1.165) is 35.3 Å². The Morgan fingerprint density at radius 2 is 1.83 bits per heavy atom. The van der Waals surface area contributed by atoms with Gasteiger partial charge in [0.15, 0.2) is 5.78 Å². The van der Waals surface area contributed by atoms with Gasteiger partial charge in [0.25, 0.3) is 0 Å². The third-order valence-electron chi connectivity index (χ3n) is 5.29. The number of Topliss-reactive ketones (excluding diaryl/α,β-unsaturated/α-hetero) is 1. The highest BCUT2D eigenvalue weighted by atomic mass is 35.5. The maximum absolute atomic E-state index is 13.2. The molecule has 5 nitrogen and oxygen atoms in total. The summed E-state index contributed by atoms with van der Waals surface area (Å²) in [7, 11) is 0. The summed E-state index contributed by atoms with van der Waals surface area (Å²) in [6.45, 7) is 1.93. The lowest BCUT2D eigenvalue weighted by Crippen LogP contribution is -2.05. The highest BCUT2D eigenvalue weighted by Crippen LogP contribution is 2.41. The van der Waals surface area contributed by atoms with Gasteiger partial charge in [-0.3, -0.25) is 9.00 Å². The molecule has 1 unspecified atom stereocenters. The largest absolute Gasteiger partial charge is 0.755 e. The third kappa shape index (κ3) is 4.34. The van der Waals surface area contributed by atoms with E-state index in [2.05, 4.69) is 4.72 Å². The predicted molar refractivity (Wildman–Crippen MR) is 122 cm³/mol. The molecule has 1 heterocycles. The van der Waals surface area contributed by atoms with Crippen LogP contribution in [0.3, 0.4) is 0 Å². The molecule has 0 radical (unpaired) electrons. The van der Waals surface area contributed by atoms with Crippen LogP contribution in [0.25, 0.3) is 16.8 Å². The molecule has 1 saturated carbocycles. The number of ketones is 1. The van der Waals surface area contributed by atoms with Gasteiger partial charge in [0.1, 0.15) is 0 Å². The minimum atomic E-state index is -2.39. The summed E-state index contributed by atoms with van der Waals surface area (Å²) >= 11 is 8.45. The first kappa shape index (κ1) is 21.2. The van der Waals surface area contributed by atoms with Crippen LogP contribution in [-0.4, -0.2) is 19.1 Å². The molecule has 1 atom stereocenters. The number of thiol groups is 1. The summed E-state index contributed by atoms with van der Waals surface area (Å²) in [5.74, 6) is 0.571. The second-order valence-corrected chi connectivity index (χ2v) is 8.99. The number of aromatic nitrogens is 1. The van der Waals surface area contributed by atoms with Crippen LogP contribution in [-0.2, 0) is 11.3 Å². The Morgan fingerprint density at radius 3 is 2.40 bits per heavy atom. The molecule has 1 fully saturated rings. The number of rotatable bonds is 7. The van der Waals surface area contributed by atoms with Gasteiger partial charge in [0.2, 0.25) is 0 Å². The van der Waals surface area contributed by atoms with E-state index in [4.69, 9.17) is 24.2 Å². The quantitative estimate of drug-likeness (QED) is 0.275. The molecule has 0 aliphatic heterocycles. The summed E-state index contributed by atoms with van der Waals surface area (Å²) in [5, 5.41) is 1.29. The van der Waals surface area contributed by atoms with Gasteiger partial charge in [0.05, 0.1) is 5.03 Å². The lowest BCUT2D eigenvalue weighted by atomic mass is 9.97. The molecule has 8 heteroatoms. The van der Waals surface area contributed by atoms with E-state index in [1.807, 2.05) is 23.6 Å². The highest BCUT2D eigenvalue weighted by Gasteiger charge is 2.30. The fraction of sp³-hybridized carbons (Fsp3) is 0.227. The molecule has 30 heavy (non-hydrogen) atoms. The summed E-state index contributed by atoms with van der Waals surface area (Å²) in [6, 6.07) is 14.3. The van der Waals surface area contributed by atoms with Crippen molar-refractivity contribution in [3.63, 3.8) is 0 Å². The molecule has 1 aliphatic carbocycles. The van der Waals surface area contributed by atoms with E-state index in [1.165, 1.54) is 0 Å². The number of nitrogens with zero attached hydrogens (tertiary/aromatic N) is 1. The van der Waals surface area contributed by atoms with Gasteiger partial charge < -0.3 is 13.8 Å². The average Bonchev–Trinajstić information content (AvgIpc) is 3.47. The van der Waals surface area contributed by atoms with E-state index in [0.29, 0.717) is 33.6 Å². The van der Waals surface area contributed by atoms with Crippen molar-refractivity contribution in [1.29, 1.82) is 0 Å². The molecule has 156 valence electrons. The van der Waals surface area contributed by atoms with Crippen molar-refractivity contribution >= 4 is 47.0 Å². The smallest absolute Gasteiger partial charge is 0.165 e. The van der Waals surface area contributed by atoms with Gasteiger partial charge in [-0.15, -0.1) is 12.6 Å². The maximum atomic E-state index is 13.2. The fourth-order valence-electron chi connectivity index (χ4n) is 3.68. The minimum Gasteiger partial charge on any atom is -0.755 e. The zero-order chi connectivity index (χ0) is 21.4. The second kappa shape index (κ2) is 8.59. The van der Waals surface area contributed by atoms with Crippen LogP contribution >= 0.6 is 24.2 Å². The van der Waals surface area contributed by atoms with Crippen molar-refractivity contribution in [2.75, 3.05) is 4.72 Å². The first-order valence-electron chi connectivity index (χ1n) is 9.55. The molecule has 0 bridgehead atoms. The van der Waals surface area contributed by atoms with Crippen molar-refractivity contribution in [2.24, 2.45) is 5.92 Å². The summed E-state index contributed by atoms with van der Waals surface area (Å²) < 4.78 is 26.0. The van der Waals surface area contributed by atoms with Crippen molar-refractivity contribution in [2.45, 2.75) is 31.2 Å². The first-order valence-corrected chi connectivity index (χ1v) is 11.4. The van der Waals surface area contributed by atoms with Crippen LogP contribution in [0.4, 0.5) is 5.69 Å². The normalized spacial score (nSPS) is 14.5. The monoisotopic (exact) mass is 459 g/mol. The van der Waals surface area contributed by atoms with E-state index in [-0.39, 0.29) is 5.78 Å². The second-order valence-electron chi connectivity index (χ2n) is 7.46. The SMILES string of the molecule is Cc1c(C(=O)CC2CC2)c(-c2ccc(NS(=O)[O-])cc2)c(S)n1-c1ccc(Cl)cc1. The predicted octanol–water partition coefficient (Wildman–Crippen LogP) is 5.58. The van der Waals surface area contributed by atoms with Gasteiger partial charge in [-0.2, -0.15) is 0 Å². The molecule has 1 aliphatic rings. The van der Waals surface area contributed by atoms with Crippen molar-refractivity contribution in [3.05, 3.63) is 64.8 Å². The molecule has 1 N–H and O–H groups in total. The lowest BCUT2D eigenvalue weighted by molar-refractivity contribution is 0.0976. The average molecular weight is 460 g/mol. The molecular weight excluding hydrogens is 440 g/mol. The van der Waals surface area contributed by atoms with Gasteiger partial charge in [-0.25, -0.2) is 0 Å².